The SMILES string of the molecule is Br.CC(O)=CC(C)=NCCN=C(C)C=C(C)O.[CH3-].[CH3-].[Co+2]. The molecule has 1 radical (unpaired) electrons. The van der Waals surface area contributed by atoms with E-state index in [1.165, 1.54) is 0 Å². The summed E-state index contributed by atoms with van der Waals surface area (Å²) in [5, 5.41) is 18.0. The standard InChI is InChI=1S/C12H20N2O2.2CH3.BrH.Co/c1-9(7-11(3)15)13-5-6-14-10(2)8-12(4)16;;;;/h7-8,15-16H,5-6H2,1-4H3;2*1H3;1H;/q;2*-1;;+2. The van der Waals surface area contributed by atoms with Crippen molar-refractivity contribution in [2.45, 2.75) is 27.7 Å². The molecule has 0 unspecified atom stereocenters. The third-order valence-corrected chi connectivity index (χ3v) is 1.66. The van der Waals surface area contributed by atoms with Gasteiger partial charge in [-0.1, -0.05) is 0 Å². The van der Waals surface area contributed by atoms with Gasteiger partial charge in [-0.2, -0.15) is 0 Å². The fourth-order valence-electron chi connectivity index (χ4n) is 1.15. The first-order valence-corrected chi connectivity index (χ1v) is 5.18. The molecule has 0 rings (SSSR count). The molecular weight excluding hydrogens is 367 g/mol. The summed E-state index contributed by atoms with van der Waals surface area (Å²) in [6.45, 7) is 8.02. The number of aliphatic imine (C=N–C) groups is 2. The van der Waals surface area contributed by atoms with Gasteiger partial charge in [0.2, 0.25) is 0 Å². The van der Waals surface area contributed by atoms with Crippen molar-refractivity contribution in [1.29, 1.82) is 0 Å². The van der Waals surface area contributed by atoms with Gasteiger partial charge in [0.1, 0.15) is 0 Å². The zero-order valence-electron chi connectivity index (χ0n) is 13.1. The smallest absolute Gasteiger partial charge is 0.513 e. The van der Waals surface area contributed by atoms with E-state index in [0.717, 1.165) is 11.4 Å². The van der Waals surface area contributed by atoms with Crippen LogP contribution in [0.3, 0.4) is 0 Å². The van der Waals surface area contributed by atoms with E-state index >= 15 is 0 Å². The van der Waals surface area contributed by atoms with Gasteiger partial charge < -0.3 is 25.1 Å². The number of rotatable bonds is 5. The molecule has 6 heteroatoms. The summed E-state index contributed by atoms with van der Waals surface area (Å²) in [5.41, 5.74) is 1.56. The van der Waals surface area contributed by atoms with Crippen LogP contribution in [0.5, 0.6) is 0 Å². The Labute approximate surface area is 144 Å². The maximum absolute atomic E-state index is 8.98. The first-order valence-electron chi connectivity index (χ1n) is 5.18. The van der Waals surface area contributed by atoms with Gasteiger partial charge in [-0.15, -0.1) is 17.0 Å². The maximum atomic E-state index is 8.98. The molecule has 0 aromatic heterocycles. The fourth-order valence-corrected chi connectivity index (χ4v) is 1.15. The van der Waals surface area contributed by atoms with E-state index < -0.39 is 0 Å². The number of aliphatic hydroxyl groups excluding tert-OH is 2. The minimum absolute atomic E-state index is 0. The summed E-state index contributed by atoms with van der Waals surface area (Å²) in [5.74, 6) is 0.500. The van der Waals surface area contributed by atoms with Gasteiger partial charge in [0.15, 0.2) is 0 Å². The molecule has 0 fully saturated rings. The number of aliphatic hydroxyl groups is 2. The fraction of sp³-hybridized carbons (Fsp3) is 0.429. The second kappa shape index (κ2) is 18.4. The summed E-state index contributed by atoms with van der Waals surface area (Å²) in [4.78, 5) is 8.41. The molecule has 0 aliphatic rings. The molecule has 0 atom stereocenters. The van der Waals surface area contributed by atoms with Crippen molar-refractivity contribution >= 4 is 28.4 Å². The topological polar surface area (TPSA) is 65.2 Å². The van der Waals surface area contributed by atoms with Crippen molar-refractivity contribution in [3.05, 3.63) is 38.5 Å². The van der Waals surface area contributed by atoms with E-state index in [2.05, 4.69) is 9.98 Å². The van der Waals surface area contributed by atoms with Crippen LogP contribution in [0.15, 0.2) is 33.7 Å². The van der Waals surface area contributed by atoms with Crippen LogP contribution in [0.1, 0.15) is 27.7 Å². The summed E-state index contributed by atoms with van der Waals surface area (Å²) in [6.07, 6.45) is 3.21. The molecule has 2 N–H and O–H groups in total. The molecule has 0 aromatic carbocycles. The minimum Gasteiger partial charge on any atom is -0.513 e. The van der Waals surface area contributed by atoms with Crippen molar-refractivity contribution < 1.29 is 27.0 Å². The number of nitrogens with zero attached hydrogens (tertiary/aromatic N) is 2. The first-order chi connectivity index (χ1) is 7.41. The molecule has 0 heterocycles. The van der Waals surface area contributed by atoms with E-state index in [0.29, 0.717) is 13.1 Å². The van der Waals surface area contributed by atoms with Crippen molar-refractivity contribution in [2.75, 3.05) is 13.1 Å². The van der Waals surface area contributed by atoms with Crippen LogP contribution in [-0.4, -0.2) is 34.7 Å². The average Bonchev–Trinajstić information content (AvgIpc) is 2.10. The van der Waals surface area contributed by atoms with Gasteiger partial charge >= 0.3 is 16.8 Å². The summed E-state index contributed by atoms with van der Waals surface area (Å²) >= 11 is 0. The molecule has 0 aromatic rings. The molecule has 20 heavy (non-hydrogen) atoms. The van der Waals surface area contributed by atoms with Gasteiger partial charge in [-0.3, -0.25) is 9.98 Å². The molecule has 0 bridgehead atoms. The molecule has 0 amide bonds. The van der Waals surface area contributed by atoms with Crippen LogP contribution >= 0.6 is 17.0 Å². The Morgan fingerprint density at radius 2 is 1.05 bits per heavy atom. The number of allylic oxidation sites excluding steroid dienone is 4. The van der Waals surface area contributed by atoms with Gasteiger partial charge in [0.05, 0.1) is 24.6 Å². The van der Waals surface area contributed by atoms with E-state index in [4.69, 9.17) is 10.2 Å². The van der Waals surface area contributed by atoms with E-state index in [1.54, 1.807) is 26.0 Å². The molecule has 0 saturated carbocycles. The monoisotopic (exact) mass is 393 g/mol. The van der Waals surface area contributed by atoms with Crippen molar-refractivity contribution in [2.24, 2.45) is 9.98 Å². The van der Waals surface area contributed by atoms with Crippen LogP contribution in [0.2, 0.25) is 0 Å². The molecular formula is C14H27BrCoN2O2. The molecule has 0 saturated heterocycles. The molecule has 4 nitrogen and oxygen atoms in total. The summed E-state index contributed by atoms with van der Waals surface area (Å²) in [6, 6.07) is 0. The average molecular weight is 394 g/mol. The van der Waals surface area contributed by atoms with E-state index in [1.807, 2.05) is 13.8 Å². The van der Waals surface area contributed by atoms with E-state index in [9.17, 15) is 0 Å². The normalized spacial score (nSPS) is 12.4. The Morgan fingerprint density at radius 1 is 0.800 bits per heavy atom. The predicted octanol–water partition coefficient (Wildman–Crippen LogP) is 4.31. The molecule has 0 aliphatic heterocycles. The molecule has 0 spiro atoms. The van der Waals surface area contributed by atoms with Gasteiger partial charge in [0, 0.05) is 11.4 Å². The van der Waals surface area contributed by atoms with Crippen molar-refractivity contribution in [1.82, 2.24) is 0 Å². The summed E-state index contributed by atoms with van der Waals surface area (Å²) in [7, 11) is 0. The Bertz CT molecular complexity index is 309. The van der Waals surface area contributed by atoms with Gasteiger partial charge in [-0.25, -0.2) is 0 Å². The van der Waals surface area contributed by atoms with Gasteiger partial charge in [-0.05, 0) is 39.8 Å². The van der Waals surface area contributed by atoms with Crippen LogP contribution in [0, 0.1) is 14.9 Å². The Kier molecular flexibility index (Phi) is 29.2. The quantitative estimate of drug-likeness (QED) is 0.316. The Hall–Kier alpha value is -0.594. The minimum atomic E-state index is 0. The largest absolute Gasteiger partial charge is 2.00 e. The molecule has 121 valence electrons. The third kappa shape index (κ3) is 22.6. The zero-order valence-corrected chi connectivity index (χ0v) is 15.9. The first kappa shape index (κ1) is 31.7. The molecule has 0 aliphatic carbocycles. The van der Waals surface area contributed by atoms with Crippen LogP contribution in [0.25, 0.3) is 0 Å². The van der Waals surface area contributed by atoms with Crippen molar-refractivity contribution in [3.8, 4) is 0 Å². The third-order valence-electron chi connectivity index (χ3n) is 1.66. The maximum Gasteiger partial charge on any atom is 2.00 e. The van der Waals surface area contributed by atoms with E-state index in [-0.39, 0.29) is 60.1 Å². The van der Waals surface area contributed by atoms with Crippen LogP contribution in [-0.2, 0) is 16.8 Å². The Morgan fingerprint density at radius 3 is 1.25 bits per heavy atom. The number of hydrogen-bond acceptors (Lipinski definition) is 4. The zero-order chi connectivity index (χ0) is 12.6. The van der Waals surface area contributed by atoms with Gasteiger partial charge in [0.25, 0.3) is 0 Å². The second-order valence-corrected chi connectivity index (χ2v) is 3.62. The van der Waals surface area contributed by atoms with Crippen molar-refractivity contribution in [3.63, 3.8) is 0 Å². The van der Waals surface area contributed by atoms with Crippen LogP contribution < -0.4 is 0 Å². The summed E-state index contributed by atoms with van der Waals surface area (Å²) < 4.78 is 0. The predicted molar refractivity (Wildman–Crippen MR) is 91.9 cm³/mol. The number of hydrogen-bond donors (Lipinski definition) is 2. The Balaban J connectivity index is -0.000000187. The second-order valence-electron chi connectivity index (χ2n) is 3.62. The van der Waals surface area contributed by atoms with Crippen LogP contribution in [0.4, 0.5) is 0 Å². The number of halogens is 1.